The Labute approximate surface area is 217 Å². The van der Waals surface area contributed by atoms with Gasteiger partial charge in [-0.05, 0) is 48.0 Å². The Bertz CT molecular complexity index is 1570. The SMILES string of the molecule is O=C1C(=Cc2ccc(F)cc2)SC(c2cn(-c3ccccc3)nc2-c2ccccc2)N1c1ccccn1. The van der Waals surface area contributed by atoms with E-state index in [-0.39, 0.29) is 11.7 Å². The molecular weight excluding hydrogens is 483 g/mol. The van der Waals surface area contributed by atoms with Crippen molar-refractivity contribution in [3.05, 3.63) is 137 Å². The quantitative estimate of drug-likeness (QED) is 0.245. The molecule has 1 atom stereocenters. The first kappa shape index (κ1) is 22.9. The van der Waals surface area contributed by atoms with E-state index in [0.29, 0.717) is 10.7 Å². The summed E-state index contributed by atoms with van der Waals surface area (Å²) >= 11 is 1.44. The topological polar surface area (TPSA) is 51.0 Å². The summed E-state index contributed by atoms with van der Waals surface area (Å²) in [6, 6.07) is 31.5. The number of carbonyl (C=O) groups excluding carboxylic acids is 1. The number of anilines is 1. The molecule has 3 heterocycles. The van der Waals surface area contributed by atoms with Crippen LogP contribution in [0, 0.1) is 5.82 Å². The van der Waals surface area contributed by atoms with E-state index in [0.717, 1.165) is 28.1 Å². The molecule has 0 bridgehead atoms. The number of hydrogen-bond acceptors (Lipinski definition) is 4. The lowest BCUT2D eigenvalue weighted by Gasteiger charge is -2.22. The van der Waals surface area contributed by atoms with E-state index < -0.39 is 5.37 Å². The van der Waals surface area contributed by atoms with Crippen molar-refractivity contribution in [1.82, 2.24) is 14.8 Å². The molecule has 0 saturated carbocycles. The highest BCUT2D eigenvalue weighted by Gasteiger charge is 2.41. The summed E-state index contributed by atoms with van der Waals surface area (Å²) in [5, 5.41) is 4.55. The molecule has 6 rings (SSSR count). The Kier molecular flexibility index (Phi) is 6.12. The Morgan fingerprint density at radius 3 is 2.24 bits per heavy atom. The molecule has 7 heteroatoms. The van der Waals surface area contributed by atoms with Crippen molar-refractivity contribution in [2.75, 3.05) is 4.90 Å². The van der Waals surface area contributed by atoms with Crippen molar-refractivity contribution >= 4 is 29.6 Å². The van der Waals surface area contributed by atoms with Crippen LogP contribution in [0.3, 0.4) is 0 Å². The first-order valence-electron chi connectivity index (χ1n) is 11.8. The molecule has 0 aliphatic carbocycles. The molecular formula is C30H21FN4OS. The number of hydrogen-bond donors (Lipinski definition) is 0. The molecule has 1 fully saturated rings. The molecule has 1 unspecified atom stereocenters. The zero-order valence-corrected chi connectivity index (χ0v) is 20.4. The van der Waals surface area contributed by atoms with Crippen LogP contribution in [0.15, 0.2) is 120 Å². The normalized spacial score (nSPS) is 16.5. The fraction of sp³-hybridized carbons (Fsp3) is 0.0333. The van der Waals surface area contributed by atoms with Gasteiger partial charge in [0.25, 0.3) is 5.91 Å². The van der Waals surface area contributed by atoms with Gasteiger partial charge in [-0.15, -0.1) is 0 Å². The predicted octanol–water partition coefficient (Wildman–Crippen LogP) is 6.89. The summed E-state index contributed by atoms with van der Waals surface area (Å²) in [6.07, 6.45) is 5.46. The zero-order chi connectivity index (χ0) is 25.2. The standard InChI is InChI=1S/C30H21FN4OS/c31-23-16-14-21(15-17-23)19-26-29(36)35(27-13-7-8-18-32-27)30(37-26)25-20-34(24-11-5-2-6-12-24)33-28(25)22-9-3-1-4-10-22/h1-20,30H. The second-order valence-corrected chi connectivity index (χ2v) is 9.59. The first-order chi connectivity index (χ1) is 18.2. The number of nitrogens with zero attached hydrogens (tertiary/aromatic N) is 4. The van der Waals surface area contributed by atoms with Crippen molar-refractivity contribution < 1.29 is 9.18 Å². The number of carbonyl (C=O) groups is 1. The average Bonchev–Trinajstić information content (AvgIpc) is 3.53. The molecule has 1 aliphatic rings. The minimum atomic E-state index is -0.401. The zero-order valence-electron chi connectivity index (χ0n) is 19.6. The summed E-state index contributed by atoms with van der Waals surface area (Å²) in [5.74, 6) is 0.0739. The third-order valence-corrected chi connectivity index (χ3v) is 7.28. The third kappa shape index (κ3) is 4.57. The van der Waals surface area contributed by atoms with Gasteiger partial charge in [0.05, 0.1) is 16.3 Å². The van der Waals surface area contributed by atoms with E-state index in [1.54, 1.807) is 29.3 Å². The van der Waals surface area contributed by atoms with E-state index in [2.05, 4.69) is 4.98 Å². The fourth-order valence-corrected chi connectivity index (χ4v) is 5.53. The first-order valence-corrected chi connectivity index (χ1v) is 12.6. The maximum atomic E-state index is 13.8. The molecule has 5 nitrogen and oxygen atoms in total. The van der Waals surface area contributed by atoms with Crippen LogP contribution in [0.2, 0.25) is 0 Å². The number of aromatic nitrogens is 3. The van der Waals surface area contributed by atoms with Gasteiger partial charge in [0.2, 0.25) is 0 Å². The lowest BCUT2D eigenvalue weighted by atomic mass is 10.1. The largest absolute Gasteiger partial charge is 0.275 e. The van der Waals surface area contributed by atoms with E-state index >= 15 is 0 Å². The van der Waals surface area contributed by atoms with E-state index in [1.807, 2.05) is 89.7 Å². The third-order valence-electron chi connectivity index (χ3n) is 6.04. The minimum absolute atomic E-state index is 0.163. The number of thioether (sulfide) groups is 1. The number of halogens is 1. The second-order valence-electron chi connectivity index (χ2n) is 8.47. The van der Waals surface area contributed by atoms with Gasteiger partial charge in [-0.2, -0.15) is 5.10 Å². The maximum Gasteiger partial charge on any atom is 0.267 e. The van der Waals surface area contributed by atoms with Crippen LogP contribution in [0.1, 0.15) is 16.5 Å². The van der Waals surface area contributed by atoms with Crippen LogP contribution in [-0.2, 0) is 4.79 Å². The highest BCUT2D eigenvalue weighted by Crippen LogP contribution is 2.50. The Morgan fingerprint density at radius 1 is 0.838 bits per heavy atom. The smallest absolute Gasteiger partial charge is 0.267 e. The van der Waals surface area contributed by atoms with Gasteiger partial charge in [-0.1, -0.05) is 78.5 Å². The van der Waals surface area contributed by atoms with Crippen molar-refractivity contribution in [3.63, 3.8) is 0 Å². The van der Waals surface area contributed by atoms with Gasteiger partial charge >= 0.3 is 0 Å². The highest BCUT2D eigenvalue weighted by molar-refractivity contribution is 8.05. The molecule has 37 heavy (non-hydrogen) atoms. The van der Waals surface area contributed by atoms with Gasteiger partial charge in [0.1, 0.15) is 17.0 Å². The number of benzene rings is 3. The molecule has 5 aromatic rings. The number of amides is 1. The Balaban J connectivity index is 1.51. The molecule has 0 radical (unpaired) electrons. The number of para-hydroxylation sites is 1. The van der Waals surface area contributed by atoms with Crippen LogP contribution >= 0.6 is 11.8 Å². The van der Waals surface area contributed by atoms with Crippen molar-refractivity contribution in [3.8, 4) is 16.9 Å². The van der Waals surface area contributed by atoms with Crippen LogP contribution in [0.25, 0.3) is 23.0 Å². The Hall–Kier alpha value is -4.49. The highest BCUT2D eigenvalue weighted by atomic mass is 32.2. The van der Waals surface area contributed by atoms with Crippen molar-refractivity contribution in [2.24, 2.45) is 0 Å². The summed E-state index contributed by atoms with van der Waals surface area (Å²) in [7, 11) is 0. The summed E-state index contributed by atoms with van der Waals surface area (Å²) in [5.41, 5.74) is 4.31. The van der Waals surface area contributed by atoms with Crippen molar-refractivity contribution in [2.45, 2.75) is 5.37 Å². The molecule has 0 spiro atoms. The van der Waals surface area contributed by atoms with Crippen LogP contribution in [0.5, 0.6) is 0 Å². The molecule has 2 aromatic heterocycles. The molecule has 1 saturated heterocycles. The Morgan fingerprint density at radius 2 is 1.54 bits per heavy atom. The average molecular weight is 505 g/mol. The summed E-state index contributed by atoms with van der Waals surface area (Å²) in [4.78, 5) is 20.5. The molecule has 3 aromatic carbocycles. The summed E-state index contributed by atoms with van der Waals surface area (Å²) in [6.45, 7) is 0. The van der Waals surface area contributed by atoms with Gasteiger partial charge in [0.15, 0.2) is 0 Å². The van der Waals surface area contributed by atoms with E-state index in [9.17, 15) is 9.18 Å². The molecule has 180 valence electrons. The van der Waals surface area contributed by atoms with E-state index in [1.165, 1.54) is 23.9 Å². The lowest BCUT2D eigenvalue weighted by Crippen LogP contribution is -2.28. The monoisotopic (exact) mass is 504 g/mol. The van der Waals surface area contributed by atoms with Gasteiger partial charge in [-0.25, -0.2) is 14.1 Å². The maximum absolute atomic E-state index is 13.8. The minimum Gasteiger partial charge on any atom is -0.275 e. The number of rotatable bonds is 5. The molecule has 1 amide bonds. The number of pyridine rings is 1. The van der Waals surface area contributed by atoms with Gasteiger partial charge in [-0.3, -0.25) is 9.69 Å². The fourth-order valence-electron chi connectivity index (χ4n) is 4.28. The summed E-state index contributed by atoms with van der Waals surface area (Å²) < 4.78 is 15.3. The van der Waals surface area contributed by atoms with Gasteiger partial charge in [0, 0.05) is 23.5 Å². The van der Waals surface area contributed by atoms with E-state index in [4.69, 9.17) is 5.10 Å². The van der Waals surface area contributed by atoms with Crippen LogP contribution < -0.4 is 4.90 Å². The van der Waals surface area contributed by atoms with Crippen LogP contribution in [0.4, 0.5) is 10.2 Å². The van der Waals surface area contributed by atoms with Gasteiger partial charge < -0.3 is 0 Å². The second kappa shape index (κ2) is 9.87. The molecule has 0 N–H and O–H groups in total. The van der Waals surface area contributed by atoms with Crippen LogP contribution in [-0.4, -0.2) is 20.7 Å². The van der Waals surface area contributed by atoms with Crippen molar-refractivity contribution in [1.29, 1.82) is 0 Å². The lowest BCUT2D eigenvalue weighted by molar-refractivity contribution is -0.114. The molecule has 1 aliphatic heterocycles. The predicted molar refractivity (Wildman–Crippen MR) is 145 cm³/mol.